The molecule has 1 aromatic carbocycles. The van der Waals surface area contributed by atoms with Gasteiger partial charge in [0.25, 0.3) is 11.5 Å². The smallest absolute Gasteiger partial charge is 0.265 e. The fourth-order valence-electron chi connectivity index (χ4n) is 2.72. The third-order valence-corrected chi connectivity index (χ3v) is 4.13. The molecule has 0 unspecified atom stereocenters. The van der Waals surface area contributed by atoms with Gasteiger partial charge in [0.1, 0.15) is 11.7 Å². The minimum atomic E-state index is -1.24. The van der Waals surface area contributed by atoms with Crippen molar-refractivity contribution in [2.45, 2.75) is 19.9 Å². The SMILES string of the molecule is CC(=O)[C@H](C(=O)N(C)C)n1cnc2c(cnn2-c2ccc(C)cc2)c1=O. The molecular weight excluding hydrogens is 334 g/mol. The summed E-state index contributed by atoms with van der Waals surface area (Å²) in [5.74, 6) is -0.912. The van der Waals surface area contributed by atoms with Gasteiger partial charge in [0.15, 0.2) is 17.5 Å². The van der Waals surface area contributed by atoms with E-state index >= 15 is 0 Å². The highest BCUT2D eigenvalue weighted by Crippen LogP contribution is 2.16. The second kappa shape index (κ2) is 6.55. The Balaban J connectivity index is 2.16. The molecule has 0 aliphatic carbocycles. The van der Waals surface area contributed by atoms with Crippen LogP contribution in [0.5, 0.6) is 0 Å². The number of benzene rings is 1. The number of nitrogens with zero attached hydrogens (tertiary/aromatic N) is 5. The minimum absolute atomic E-state index is 0.242. The molecule has 3 rings (SSSR count). The number of hydrogen-bond acceptors (Lipinski definition) is 5. The van der Waals surface area contributed by atoms with Gasteiger partial charge in [-0.2, -0.15) is 5.10 Å². The number of hydrogen-bond donors (Lipinski definition) is 0. The normalized spacial score (nSPS) is 12.2. The first kappa shape index (κ1) is 17.5. The van der Waals surface area contributed by atoms with Crippen LogP contribution in [0, 0.1) is 6.92 Å². The Bertz CT molecular complexity index is 1050. The molecular formula is C18H19N5O3. The number of amides is 1. The predicted octanol–water partition coefficient (Wildman–Crippen LogP) is 1.11. The molecule has 0 saturated carbocycles. The molecule has 0 aliphatic rings. The second-order valence-corrected chi connectivity index (χ2v) is 6.33. The van der Waals surface area contributed by atoms with E-state index in [4.69, 9.17) is 0 Å². The molecule has 0 aliphatic heterocycles. The Hall–Kier alpha value is -3.29. The number of carbonyl (C=O) groups excluding carboxylic acids is 2. The molecule has 0 saturated heterocycles. The molecule has 1 amide bonds. The zero-order valence-electron chi connectivity index (χ0n) is 15.0. The molecule has 2 aromatic heterocycles. The first-order valence-corrected chi connectivity index (χ1v) is 8.05. The van der Waals surface area contributed by atoms with Crippen molar-refractivity contribution in [2.24, 2.45) is 0 Å². The van der Waals surface area contributed by atoms with Crippen molar-refractivity contribution >= 4 is 22.7 Å². The third-order valence-electron chi connectivity index (χ3n) is 4.13. The lowest BCUT2D eigenvalue weighted by molar-refractivity contribution is -0.137. The summed E-state index contributed by atoms with van der Waals surface area (Å²) >= 11 is 0. The van der Waals surface area contributed by atoms with Gasteiger partial charge < -0.3 is 4.90 Å². The van der Waals surface area contributed by atoms with Crippen molar-refractivity contribution in [2.75, 3.05) is 14.1 Å². The molecule has 2 heterocycles. The molecule has 26 heavy (non-hydrogen) atoms. The third kappa shape index (κ3) is 2.90. The quantitative estimate of drug-likeness (QED) is 0.656. The van der Waals surface area contributed by atoms with Gasteiger partial charge in [-0.25, -0.2) is 9.67 Å². The number of rotatable bonds is 4. The van der Waals surface area contributed by atoms with E-state index in [1.54, 1.807) is 4.68 Å². The molecule has 0 bridgehead atoms. The van der Waals surface area contributed by atoms with Crippen molar-refractivity contribution in [1.82, 2.24) is 24.2 Å². The lowest BCUT2D eigenvalue weighted by Gasteiger charge is -2.20. The molecule has 0 spiro atoms. The summed E-state index contributed by atoms with van der Waals surface area (Å²) in [5.41, 5.74) is 1.76. The van der Waals surface area contributed by atoms with Crippen molar-refractivity contribution in [3.63, 3.8) is 0 Å². The van der Waals surface area contributed by atoms with Gasteiger partial charge in [-0.3, -0.25) is 19.0 Å². The van der Waals surface area contributed by atoms with Crippen LogP contribution in [0.15, 0.2) is 41.6 Å². The minimum Gasteiger partial charge on any atom is -0.347 e. The summed E-state index contributed by atoms with van der Waals surface area (Å²) in [6.45, 7) is 3.25. The monoisotopic (exact) mass is 353 g/mol. The van der Waals surface area contributed by atoms with Gasteiger partial charge in [-0.15, -0.1) is 0 Å². The lowest BCUT2D eigenvalue weighted by Crippen LogP contribution is -2.40. The molecule has 0 radical (unpaired) electrons. The molecule has 0 fully saturated rings. The Morgan fingerprint density at radius 3 is 2.38 bits per heavy atom. The first-order valence-electron chi connectivity index (χ1n) is 8.05. The molecule has 1 atom stereocenters. The average Bonchev–Trinajstić information content (AvgIpc) is 3.02. The predicted molar refractivity (Wildman–Crippen MR) is 96.3 cm³/mol. The Labute approximate surface area is 149 Å². The number of Topliss-reactive ketones (excluding diaryl/α,β-unsaturated/α-hetero) is 1. The van der Waals surface area contributed by atoms with Crippen molar-refractivity contribution < 1.29 is 9.59 Å². The zero-order valence-corrected chi connectivity index (χ0v) is 15.0. The van der Waals surface area contributed by atoms with E-state index in [9.17, 15) is 14.4 Å². The van der Waals surface area contributed by atoms with Gasteiger partial charge in [-0.05, 0) is 26.0 Å². The number of likely N-dealkylation sites (N-methyl/N-ethyl adjacent to an activating group) is 1. The number of fused-ring (bicyclic) bond motifs is 1. The van der Waals surface area contributed by atoms with Crippen LogP contribution in [-0.4, -0.2) is 50.0 Å². The van der Waals surface area contributed by atoms with Crippen LogP contribution in [0.2, 0.25) is 0 Å². The molecule has 134 valence electrons. The largest absolute Gasteiger partial charge is 0.347 e. The number of aromatic nitrogens is 4. The lowest BCUT2D eigenvalue weighted by atomic mass is 10.1. The van der Waals surface area contributed by atoms with Gasteiger partial charge in [-0.1, -0.05) is 17.7 Å². The summed E-state index contributed by atoms with van der Waals surface area (Å²) in [7, 11) is 3.06. The summed E-state index contributed by atoms with van der Waals surface area (Å²) in [6, 6.07) is 6.39. The first-order chi connectivity index (χ1) is 12.3. The van der Waals surface area contributed by atoms with Crippen LogP contribution in [0.4, 0.5) is 0 Å². The number of ketones is 1. The molecule has 8 heteroatoms. The standard InChI is InChI=1S/C18H19N5O3/c1-11-5-7-13(8-6-11)23-16-14(9-20-23)17(25)22(10-19-16)15(12(2)24)18(26)21(3)4/h5-10,15H,1-4H3/t15-/m1/s1. The van der Waals surface area contributed by atoms with E-state index < -0.39 is 23.3 Å². The van der Waals surface area contributed by atoms with Crippen molar-refractivity contribution in [3.05, 3.63) is 52.7 Å². The van der Waals surface area contributed by atoms with Crippen LogP contribution in [-0.2, 0) is 9.59 Å². The van der Waals surface area contributed by atoms with E-state index in [-0.39, 0.29) is 5.39 Å². The Morgan fingerprint density at radius 2 is 1.81 bits per heavy atom. The topological polar surface area (TPSA) is 90.1 Å². The van der Waals surface area contributed by atoms with Crippen LogP contribution in [0.25, 0.3) is 16.7 Å². The number of aryl methyl sites for hydroxylation is 1. The van der Waals surface area contributed by atoms with E-state index in [1.165, 1.54) is 38.4 Å². The molecule has 0 N–H and O–H groups in total. The maximum Gasteiger partial charge on any atom is 0.265 e. The van der Waals surface area contributed by atoms with Gasteiger partial charge in [0.05, 0.1) is 11.9 Å². The van der Waals surface area contributed by atoms with Gasteiger partial charge in [0, 0.05) is 14.1 Å². The van der Waals surface area contributed by atoms with E-state index in [2.05, 4.69) is 10.1 Å². The summed E-state index contributed by atoms with van der Waals surface area (Å²) < 4.78 is 2.62. The van der Waals surface area contributed by atoms with Crippen LogP contribution in [0.3, 0.4) is 0 Å². The second-order valence-electron chi connectivity index (χ2n) is 6.33. The fourth-order valence-corrected chi connectivity index (χ4v) is 2.72. The zero-order chi connectivity index (χ0) is 19.0. The molecule has 8 nitrogen and oxygen atoms in total. The summed E-state index contributed by atoms with van der Waals surface area (Å²) in [6.07, 6.45) is 2.63. The van der Waals surface area contributed by atoms with E-state index in [0.29, 0.717) is 5.65 Å². The Kier molecular flexibility index (Phi) is 4.41. The highest BCUT2D eigenvalue weighted by atomic mass is 16.2. The number of carbonyl (C=O) groups is 2. The fraction of sp³-hybridized carbons (Fsp3) is 0.278. The van der Waals surface area contributed by atoms with E-state index in [0.717, 1.165) is 15.8 Å². The molecule has 3 aromatic rings. The highest BCUT2D eigenvalue weighted by Gasteiger charge is 2.29. The maximum absolute atomic E-state index is 12.8. The Morgan fingerprint density at radius 1 is 1.15 bits per heavy atom. The summed E-state index contributed by atoms with van der Waals surface area (Å²) in [5, 5.41) is 4.48. The van der Waals surface area contributed by atoms with Crippen molar-refractivity contribution in [3.8, 4) is 5.69 Å². The van der Waals surface area contributed by atoms with Crippen LogP contribution < -0.4 is 5.56 Å². The van der Waals surface area contributed by atoms with E-state index in [1.807, 2.05) is 31.2 Å². The van der Waals surface area contributed by atoms with Crippen molar-refractivity contribution in [1.29, 1.82) is 0 Å². The van der Waals surface area contributed by atoms with Gasteiger partial charge in [0.2, 0.25) is 0 Å². The highest BCUT2D eigenvalue weighted by molar-refractivity contribution is 6.02. The van der Waals surface area contributed by atoms with Crippen LogP contribution >= 0.6 is 0 Å². The maximum atomic E-state index is 12.8. The van der Waals surface area contributed by atoms with Gasteiger partial charge >= 0.3 is 0 Å². The average molecular weight is 353 g/mol. The summed E-state index contributed by atoms with van der Waals surface area (Å²) in [4.78, 5) is 42.7. The van der Waals surface area contributed by atoms with Crippen LogP contribution in [0.1, 0.15) is 18.5 Å².